The van der Waals surface area contributed by atoms with Crippen LogP contribution in [0.1, 0.15) is 38.8 Å². The highest BCUT2D eigenvalue weighted by Crippen LogP contribution is 2.19. The van der Waals surface area contributed by atoms with Gasteiger partial charge in [0.2, 0.25) is 0 Å². The summed E-state index contributed by atoms with van der Waals surface area (Å²) in [6, 6.07) is 8.33. The third kappa shape index (κ3) is 7.75. The van der Waals surface area contributed by atoms with Crippen LogP contribution in [0.25, 0.3) is 0 Å². The summed E-state index contributed by atoms with van der Waals surface area (Å²) in [5.41, 5.74) is 2.42. The number of benzene rings is 1. The van der Waals surface area contributed by atoms with Crippen molar-refractivity contribution in [2.24, 2.45) is 4.99 Å². The molecule has 0 atom stereocenters. The Labute approximate surface area is 145 Å². The van der Waals surface area contributed by atoms with Crippen molar-refractivity contribution in [1.82, 2.24) is 10.6 Å². The fourth-order valence-electron chi connectivity index (χ4n) is 1.94. The zero-order valence-electron chi connectivity index (χ0n) is 15.1. The molecule has 130 valence electrons. The van der Waals surface area contributed by atoms with Crippen molar-refractivity contribution < 1.29 is 4.74 Å². The van der Waals surface area contributed by atoms with E-state index < -0.39 is 0 Å². The minimum atomic E-state index is 0.184. The van der Waals surface area contributed by atoms with Crippen LogP contribution in [0.3, 0.4) is 0 Å². The molecular weight excluding hydrogens is 306 g/mol. The lowest BCUT2D eigenvalue weighted by molar-refractivity contribution is 0.133. The van der Waals surface area contributed by atoms with E-state index in [1.165, 1.54) is 11.1 Å². The molecule has 0 heterocycles. The predicted molar refractivity (Wildman–Crippen MR) is 102 cm³/mol. The molecule has 1 rings (SSSR count). The molecule has 0 aliphatic heterocycles. The molecule has 1 aromatic rings. The second kappa shape index (κ2) is 10.6. The summed E-state index contributed by atoms with van der Waals surface area (Å²) in [6.45, 7) is 12.3. The van der Waals surface area contributed by atoms with Crippen molar-refractivity contribution in [2.45, 2.75) is 45.6 Å². The van der Waals surface area contributed by atoms with Gasteiger partial charge >= 0.3 is 0 Å². The van der Waals surface area contributed by atoms with Gasteiger partial charge in [0.05, 0.1) is 13.2 Å². The fourth-order valence-corrected chi connectivity index (χ4v) is 2.16. The summed E-state index contributed by atoms with van der Waals surface area (Å²) in [5, 5.41) is 6.74. The molecule has 23 heavy (non-hydrogen) atoms. The Hall–Kier alpha value is -1.20. The number of thioether (sulfide) groups is 1. The molecular formula is C18H31N3OS. The molecule has 0 aromatic heterocycles. The number of guanidine groups is 1. The van der Waals surface area contributed by atoms with Gasteiger partial charge in [0.25, 0.3) is 0 Å². The molecule has 0 unspecified atom stereocenters. The largest absolute Gasteiger partial charge is 0.377 e. The molecule has 0 saturated heterocycles. The Kier molecular flexibility index (Phi) is 9.10. The minimum Gasteiger partial charge on any atom is -0.377 e. The third-order valence-corrected chi connectivity index (χ3v) is 4.82. The Morgan fingerprint density at radius 1 is 1.17 bits per heavy atom. The van der Waals surface area contributed by atoms with E-state index in [9.17, 15) is 0 Å². The molecule has 0 spiro atoms. The predicted octanol–water partition coefficient (Wildman–Crippen LogP) is 3.42. The summed E-state index contributed by atoms with van der Waals surface area (Å²) >= 11 is 1.85. The lowest BCUT2D eigenvalue weighted by atomic mass is 10.1. The molecule has 0 radical (unpaired) electrons. The highest BCUT2D eigenvalue weighted by Gasteiger charge is 2.16. The second-order valence-electron chi connectivity index (χ2n) is 5.92. The van der Waals surface area contributed by atoms with Crippen molar-refractivity contribution in [3.8, 4) is 0 Å². The van der Waals surface area contributed by atoms with Crippen molar-refractivity contribution >= 4 is 17.7 Å². The van der Waals surface area contributed by atoms with Gasteiger partial charge in [-0.05, 0) is 45.1 Å². The first-order chi connectivity index (χ1) is 11.0. The monoisotopic (exact) mass is 337 g/mol. The average molecular weight is 338 g/mol. The van der Waals surface area contributed by atoms with Crippen LogP contribution < -0.4 is 10.6 Å². The molecule has 0 aliphatic rings. The van der Waals surface area contributed by atoms with E-state index in [4.69, 9.17) is 9.73 Å². The number of aliphatic imine (C=N–C) groups is 1. The van der Waals surface area contributed by atoms with Gasteiger partial charge in [-0.25, -0.2) is 4.99 Å². The molecule has 0 amide bonds. The third-order valence-electron chi connectivity index (χ3n) is 3.57. The Balaban J connectivity index is 2.73. The van der Waals surface area contributed by atoms with Crippen molar-refractivity contribution in [3.63, 3.8) is 0 Å². The van der Waals surface area contributed by atoms with Crippen LogP contribution in [0, 0.1) is 0 Å². The van der Waals surface area contributed by atoms with Gasteiger partial charge in [-0.3, -0.25) is 0 Å². The topological polar surface area (TPSA) is 45.7 Å². The van der Waals surface area contributed by atoms with Crippen LogP contribution in [0.15, 0.2) is 29.3 Å². The normalized spacial score (nSPS) is 12.3. The van der Waals surface area contributed by atoms with E-state index >= 15 is 0 Å². The Morgan fingerprint density at radius 2 is 1.87 bits per heavy atom. The molecule has 0 aliphatic carbocycles. The van der Waals surface area contributed by atoms with Crippen molar-refractivity contribution in [3.05, 3.63) is 35.4 Å². The van der Waals surface area contributed by atoms with Crippen LogP contribution in [-0.4, -0.2) is 36.7 Å². The zero-order valence-corrected chi connectivity index (χ0v) is 15.9. The lowest BCUT2D eigenvalue weighted by Gasteiger charge is -2.23. The van der Waals surface area contributed by atoms with Crippen molar-refractivity contribution in [2.75, 3.05) is 26.0 Å². The highest BCUT2D eigenvalue weighted by atomic mass is 32.2. The van der Waals surface area contributed by atoms with Gasteiger partial charge in [0.1, 0.15) is 0 Å². The number of rotatable bonds is 9. The van der Waals surface area contributed by atoms with E-state index in [2.05, 4.69) is 55.9 Å². The first-order valence-electron chi connectivity index (χ1n) is 8.24. The van der Waals surface area contributed by atoms with Gasteiger partial charge < -0.3 is 15.4 Å². The number of ether oxygens (including phenoxy) is 1. The molecule has 0 fully saturated rings. The maximum absolute atomic E-state index is 5.54. The second-order valence-corrected chi connectivity index (χ2v) is 7.43. The molecule has 1 aromatic carbocycles. The molecule has 5 heteroatoms. The summed E-state index contributed by atoms with van der Waals surface area (Å²) in [4.78, 5) is 4.72. The van der Waals surface area contributed by atoms with Gasteiger partial charge in [0.15, 0.2) is 5.96 Å². The maximum atomic E-state index is 5.54. The van der Waals surface area contributed by atoms with Gasteiger partial charge in [-0.1, -0.05) is 24.3 Å². The number of hydrogen-bond donors (Lipinski definition) is 2. The average Bonchev–Trinajstić information content (AvgIpc) is 2.56. The smallest absolute Gasteiger partial charge is 0.191 e. The van der Waals surface area contributed by atoms with Crippen LogP contribution in [-0.2, 0) is 17.9 Å². The summed E-state index contributed by atoms with van der Waals surface area (Å²) in [6.07, 6.45) is 2.13. The van der Waals surface area contributed by atoms with E-state index in [1.807, 2.05) is 24.8 Å². The van der Waals surface area contributed by atoms with Gasteiger partial charge in [0, 0.05) is 24.4 Å². The van der Waals surface area contributed by atoms with E-state index in [0.717, 1.165) is 25.7 Å². The summed E-state index contributed by atoms with van der Waals surface area (Å²) in [5.74, 6) is 0.862. The van der Waals surface area contributed by atoms with E-state index in [1.54, 1.807) is 0 Å². The first kappa shape index (κ1) is 19.8. The Morgan fingerprint density at radius 3 is 2.48 bits per heavy atom. The zero-order chi connectivity index (χ0) is 17.1. The highest BCUT2D eigenvalue weighted by molar-refractivity contribution is 7.99. The summed E-state index contributed by atoms with van der Waals surface area (Å²) < 4.78 is 5.72. The molecule has 4 nitrogen and oxygen atoms in total. The molecule has 0 bridgehead atoms. The lowest BCUT2D eigenvalue weighted by Crippen LogP contribution is -2.43. The Bertz CT molecular complexity index is 489. The van der Waals surface area contributed by atoms with Crippen molar-refractivity contribution in [1.29, 1.82) is 0 Å². The van der Waals surface area contributed by atoms with Crippen LogP contribution >= 0.6 is 11.8 Å². The fraction of sp³-hybridized carbons (Fsp3) is 0.611. The number of nitrogens with one attached hydrogen (secondary N) is 2. The number of nitrogens with zero attached hydrogens (tertiary/aromatic N) is 1. The van der Waals surface area contributed by atoms with E-state index in [-0.39, 0.29) is 4.75 Å². The molecule has 0 saturated carbocycles. The van der Waals surface area contributed by atoms with Gasteiger partial charge in [-0.2, -0.15) is 11.8 Å². The standard InChI is InChI=1S/C18H31N3OS/c1-6-19-17(21-14-18(3,4)23-5)20-12-15-10-8-9-11-16(15)13-22-7-2/h8-11H,6-7,12-14H2,1-5H3,(H2,19,20,21). The van der Waals surface area contributed by atoms with Crippen LogP contribution in [0.4, 0.5) is 0 Å². The first-order valence-corrected chi connectivity index (χ1v) is 9.46. The van der Waals surface area contributed by atoms with Gasteiger partial charge in [-0.15, -0.1) is 0 Å². The summed E-state index contributed by atoms with van der Waals surface area (Å²) in [7, 11) is 0. The maximum Gasteiger partial charge on any atom is 0.191 e. The number of hydrogen-bond acceptors (Lipinski definition) is 3. The minimum absolute atomic E-state index is 0.184. The van der Waals surface area contributed by atoms with Crippen LogP contribution in [0.5, 0.6) is 0 Å². The van der Waals surface area contributed by atoms with Crippen LogP contribution in [0.2, 0.25) is 0 Å². The SMILES string of the molecule is CCNC(=NCc1ccccc1COCC)NCC(C)(C)SC. The molecule has 2 N–H and O–H groups in total. The quantitative estimate of drug-likeness (QED) is 0.535. The van der Waals surface area contributed by atoms with E-state index in [0.29, 0.717) is 13.2 Å².